The molecule has 0 atom stereocenters. The predicted molar refractivity (Wildman–Crippen MR) is 103 cm³/mol. The topological polar surface area (TPSA) is 67.2 Å². The fourth-order valence-electron chi connectivity index (χ4n) is 3.02. The number of aryl methyl sites for hydroxylation is 1. The minimum absolute atomic E-state index is 0.155. The van der Waals surface area contributed by atoms with Crippen LogP contribution in [0.4, 0.5) is 5.13 Å². The normalized spacial score (nSPS) is 13.5. The summed E-state index contributed by atoms with van der Waals surface area (Å²) in [6, 6.07) is 5.56. The minimum Gasteiger partial charge on any atom is -0.308 e. The molecular formula is C17H19ClN6OS. The lowest BCUT2D eigenvalue weighted by Gasteiger charge is -2.21. The fourth-order valence-corrected chi connectivity index (χ4v) is 4.28. The lowest BCUT2D eigenvalue weighted by Crippen LogP contribution is -2.38. The van der Waals surface area contributed by atoms with E-state index >= 15 is 0 Å². The zero-order valence-corrected chi connectivity index (χ0v) is 16.2. The molecular weight excluding hydrogens is 372 g/mol. The van der Waals surface area contributed by atoms with E-state index in [2.05, 4.69) is 15.2 Å². The van der Waals surface area contributed by atoms with Gasteiger partial charge >= 0.3 is 0 Å². The van der Waals surface area contributed by atoms with Crippen LogP contribution in [-0.4, -0.2) is 57.7 Å². The number of rotatable bonds is 5. The number of thiazole rings is 1. The molecule has 1 amide bonds. The summed E-state index contributed by atoms with van der Waals surface area (Å²) < 4.78 is 2.89. The number of carbonyl (C=O) groups is 1. The van der Waals surface area contributed by atoms with Crippen molar-refractivity contribution >= 4 is 44.2 Å². The van der Waals surface area contributed by atoms with Crippen molar-refractivity contribution in [2.75, 3.05) is 32.1 Å². The second kappa shape index (κ2) is 6.94. The summed E-state index contributed by atoms with van der Waals surface area (Å²) in [5.41, 5.74) is 0.837. The van der Waals surface area contributed by atoms with Crippen LogP contribution >= 0.6 is 22.9 Å². The van der Waals surface area contributed by atoms with Crippen LogP contribution in [0.25, 0.3) is 10.2 Å². The molecule has 2 aromatic heterocycles. The molecule has 0 N–H and O–H groups in total. The summed E-state index contributed by atoms with van der Waals surface area (Å²) in [6.07, 6.45) is 1.88. The zero-order chi connectivity index (χ0) is 18.3. The standard InChI is InChI=1S/C17H19ClN6OS/c1-22(2)8-9-24(16(25)15-21-20-14-4-3-7-23(14)15)17-19-12-6-5-11(18)10-13(12)26-17/h5-6,10H,3-4,7-9H2,1-2H3. The van der Waals surface area contributed by atoms with Crippen LogP contribution in [0.15, 0.2) is 18.2 Å². The molecule has 1 aliphatic heterocycles. The van der Waals surface area contributed by atoms with Crippen molar-refractivity contribution in [3.8, 4) is 0 Å². The maximum absolute atomic E-state index is 13.2. The van der Waals surface area contributed by atoms with Crippen LogP contribution in [0, 0.1) is 0 Å². The first-order chi connectivity index (χ1) is 12.5. The number of likely N-dealkylation sites (N-methyl/N-ethyl adjacent to an activating group) is 1. The molecule has 7 nitrogen and oxygen atoms in total. The van der Waals surface area contributed by atoms with Crippen molar-refractivity contribution in [3.63, 3.8) is 0 Å². The highest BCUT2D eigenvalue weighted by Gasteiger charge is 2.28. The van der Waals surface area contributed by atoms with Gasteiger partial charge in [0.2, 0.25) is 5.82 Å². The molecule has 4 rings (SSSR count). The summed E-state index contributed by atoms with van der Waals surface area (Å²) in [5.74, 6) is 1.13. The lowest BCUT2D eigenvalue weighted by atomic mass is 10.3. The van der Waals surface area contributed by atoms with Crippen molar-refractivity contribution in [2.45, 2.75) is 19.4 Å². The summed E-state index contributed by atoms with van der Waals surface area (Å²) >= 11 is 7.55. The van der Waals surface area contributed by atoms with Crippen LogP contribution < -0.4 is 4.90 Å². The summed E-state index contributed by atoms with van der Waals surface area (Å²) in [5, 5.41) is 9.63. The van der Waals surface area contributed by atoms with E-state index in [-0.39, 0.29) is 5.91 Å². The van der Waals surface area contributed by atoms with Gasteiger partial charge in [-0.05, 0) is 38.7 Å². The third-order valence-electron chi connectivity index (χ3n) is 4.39. The Morgan fingerprint density at radius 2 is 2.15 bits per heavy atom. The second-order valence-corrected chi connectivity index (χ2v) is 8.01. The van der Waals surface area contributed by atoms with E-state index in [0.717, 1.165) is 42.0 Å². The first kappa shape index (κ1) is 17.4. The monoisotopic (exact) mass is 390 g/mol. The van der Waals surface area contributed by atoms with Crippen LogP contribution in [0.1, 0.15) is 22.9 Å². The van der Waals surface area contributed by atoms with Gasteiger partial charge in [-0.3, -0.25) is 9.69 Å². The molecule has 0 radical (unpaired) electrons. The van der Waals surface area contributed by atoms with Gasteiger partial charge in [-0.25, -0.2) is 4.98 Å². The van der Waals surface area contributed by atoms with Gasteiger partial charge in [-0.2, -0.15) is 0 Å². The summed E-state index contributed by atoms with van der Waals surface area (Å²) in [6.45, 7) is 2.05. The van der Waals surface area contributed by atoms with Crippen molar-refractivity contribution < 1.29 is 4.79 Å². The number of fused-ring (bicyclic) bond motifs is 2. The lowest BCUT2D eigenvalue weighted by molar-refractivity contribution is 0.0971. The van der Waals surface area contributed by atoms with E-state index in [1.807, 2.05) is 41.8 Å². The first-order valence-electron chi connectivity index (χ1n) is 8.47. The van der Waals surface area contributed by atoms with E-state index in [0.29, 0.717) is 22.5 Å². The highest BCUT2D eigenvalue weighted by Crippen LogP contribution is 2.31. The van der Waals surface area contributed by atoms with Gasteiger partial charge in [0.25, 0.3) is 5.91 Å². The molecule has 0 unspecified atom stereocenters. The van der Waals surface area contributed by atoms with Gasteiger partial charge in [-0.1, -0.05) is 22.9 Å². The summed E-state index contributed by atoms with van der Waals surface area (Å²) in [7, 11) is 3.96. The maximum Gasteiger partial charge on any atom is 0.298 e. The van der Waals surface area contributed by atoms with Gasteiger partial charge in [0.1, 0.15) is 5.82 Å². The zero-order valence-electron chi connectivity index (χ0n) is 14.6. The third kappa shape index (κ3) is 3.20. The minimum atomic E-state index is -0.155. The molecule has 0 bridgehead atoms. The Kier molecular flexibility index (Phi) is 4.64. The number of hydrogen-bond donors (Lipinski definition) is 0. The van der Waals surface area contributed by atoms with Crippen molar-refractivity contribution in [1.29, 1.82) is 0 Å². The maximum atomic E-state index is 13.2. The van der Waals surface area contributed by atoms with Crippen LogP contribution in [0.2, 0.25) is 5.02 Å². The highest BCUT2D eigenvalue weighted by atomic mass is 35.5. The molecule has 9 heteroatoms. The molecule has 1 aromatic carbocycles. The molecule has 0 saturated carbocycles. The molecule has 3 heterocycles. The van der Waals surface area contributed by atoms with E-state index in [1.165, 1.54) is 11.3 Å². The molecule has 0 fully saturated rings. The number of anilines is 1. The van der Waals surface area contributed by atoms with Gasteiger partial charge in [0.05, 0.1) is 10.2 Å². The molecule has 136 valence electrons. The Bertz CT molecular complexity index is 965. The van der Waals surface area contributed by atoms with Gasteiger partial charge in [-0.15, -0.1) is 10.2 Å². The van der Waals surface area contributed by atoms with Gasteiger partial charge in [0.15, 0.2) is 5.13 Å². The van der Waals surface area contributed by atoms with E-state index in [1.54, 1.807) is 4.90 Å². The Morgan fingerprint density at radius 3 is 2.96 bits per heavy atom. The molecule has 1 aliphatic rings. The Labute approximate surface area is 160 Å². The van der Waals surface area contributed by atoms with Crippen molar-refractivity contribution in [2.24, 2.45) is 0 Å². The third-order valence-corrected chi connectivity index (χ3v) is 5.66. The molecule has 0 aliphatic carbocycles. The van der Waals surface area contributed by atoms with Crippen molar-refractivity contribution in [1.82, 2.24) is 24.6 Å². The number of nitrogens with zero attached hydrogens (tertiary/aromatic N) is 6. The quantitative estimate of drug-likeness (QED) is 0.670. The van der Waals surface area contributed by atoms with Crippen LogP contribution in [-0.2, 0) is 13.0 Å². The number of carbonyl (C=O) groups excluding carboxylic acids is 1. The van der Waals surface area contributed by atoms with E-state index < -0.39 is 0 Å². The fraction of sp³-hybridized carbons (Fsp3) is 0.412. The Morgan fingerprint density at radius 1 is 1.31 bits per heavy atom. The van der Waals surface area contributed by atoms with Crippen LogP contribution in [0.5, 0.6) is 0 Å². The number of hydrogen-bond acceptors (Lipinski definition) is 6. The van der Waals surface area contributed by atoms with Gasteiger partial charge in [0, 0.05) is 31.1 Å². The van der Waals surface area contributed by atoms with E-state index in [4.69, 9.17) is 11.6 Å². The molecule has 3 aromatic rings. The summed E-state index contributed by atoms with van der Waals surface area (Å²) in [4.78, 5) is 21.6. The largest absolute Gasteiger partial charge is 0.308 e. The SMILES string of the molecule is CN(C)CCN(C(=O)c1nnc2n1CCC2)c1nc2ccc(Cl)cc2s1. The molecule has 0 saturated heterocycles. The Hall–Kier alpha value is -2.03. The van der Waals surface area contributed by atoms with Crippen molar-refractivity contribution in [3.05, 3.63) is 34.9 Å². The number of amides is 1. The highest BCUT2D eigenvalue weighted by molar-refractivity contribution is 7.22. The van der Waals surface area contributed by atoms with Crippen LogP contribution in [0.3, 0.4) is 0 Å². The first-order valence-corrected chi connectivity index (χ1v) is 9.67. The molecule has 0 spiro atoms. The number of aromatic nitrogens is 4. The smallest absolute Gasteiger partial charge is 0.298 e. The average Bonchev–Trinajstić information content (AvgIpc) is 3.28. The molecule has 26 heavy (non-hydrogen) atoms. The number of halogens is 1. The average molecular weight is 391 g/mol. The predicted octanol–water partition coefficient (Wildman–Crippen LogP) is 2.70. The van der Waals surface area contributed by atoms with Gasteiger partial charge < -0.3 is 9.47 Å². The number of benzene rings is 1. The van der Waals surface area contributed by atoms with E-state index in [9.17, 15) is 4.79 Å². The second-order valence-electron chi connectivity index (χ2n) is 6.56. The Balaban J connectivity index is 1.71.